The molecule has 5 N–H and O–H groups in total. The molecule has 1 saturated heterocycles. The van der Waals surface area contributed by atoms with Crippen molar-refractivity contribution in [1.29, 1.82) is 0 Å². The number of nitrogens with one attached hydrogen (secondary N) is 3. The highest BCUT2D eigenvalue weighted by Crippen LogP contribution is 2.35. The number of hydrogen-bond acceptors (Lipinski definition) is 7. The first-order valence-electron chi connectivity index (χ1n) is 12.8. The highest BCUT2D eigenvalue weighted by Gasteiger charge is 2.22. The van der Waals surface area contributed by atoms with E-state index in [0.717, 1.165) is 33.5 Å². The van der Waals surface area contributed by atoms with Gasteiger partial charge in [-0.05, 0) is 96.8 Å². The summed E-state index contributed by atoms with van der Waals surface area (Å²) in [5.41, 5.74) is 9.39. The van der Waals surface area contributed by atoms with Crippen LogP contribution < -0.4 is 21.1 Å². The van der Waals surface area contributed by atoms with E-state index in [9.17, 15) is 4.79 Å². The largest absolute Gasteiger partial charge is 0.495 e. The summed E-state index contributed by atoms with van der Waals surface area (Å²) in [5, 5.41) is 7.41. The number of carbonyl (C=O) groups is 1. The van der Waals surface area contributed by atoms with Crippen molar-refractivity contribution >= 4 is 62.7 Å². The summed E-state index contributed by atoms with van der Waals surface area (Å²) in [6.07, 6.45) is 5.38. The molecule has 1 fully saturated rings. The van der Waals surface area contributed by atoms with Gasteiger partial charge in [0.1, 0.15) is 17.2 Å². The number of halogens is 1. The smallest absolute Gasteiger partial charge is 0.251 e. The summed E-state index contributed by atoms with van der Waals surface area (Å²) in [7, 11) is 1.68. The molecule has 0 aliphatic carbocycles. The number of likely N-dealkylation sites (tertiary alicyclic amines) is 1. The quantitative estimate of drug-likeness (QED) is 0.175. The summed E-state index contributed by atoms with van der Waals surface area (Å²) in [6, 6.07) is 13.7. The zero-order valence-electron chi connectivity index (χ0n) is 21.6. The maximum atomic E-state index is 12.1. The van der Waals surface area contributed by atoms with E-state index in [1.54, 1.807) is 13.3 Å². The number of hydrogen-bond donors (Lipinski definition) is 4. The molecule has 0 spiro atoms. The number of methoxy groups -OCH3 is 1. The van der Waals surface area contributed by atoms with Gasteiger partial charge in [0.15, 0.2) is 0 Å². The topological polar surface area (TPSA) is 121 Å². The first-order chi connectivity index (χ1) is 18.5. The van der Waals surface area contributed by atoms with Gasteiger partial charge in [-0.3, -0.25) is 4.79 Å². The van der Waals surface area contributed by atoms with E-state index in [2.05, 4.69) is 67.1 Å². The lowest BCUT2D eigenvalue weighted by Crippen LogP contribution is -2.34. The maximum absolute atomic E-state index is 12.1. The Morgan fingerprint density at radius 2 is 2.08 bits per heavy atom. The number of carbonyl (C=O) groups excluding carboxylic acids is 1. The van der Waals surface area contributed by atoms with E-state index < -0.39 is 5.91 Å². The van der Waals surface area contributed by atoms with Gasteiger partial charge in [-0.2, -0.15) is 9.97 Å². The van der Waals surface area contributed by atoms with Crippen LogP contribution in [0.25, 0.3) is 11.0 Å². The molecule has 1 aliphatic heterocycles. The molecule has 2 aromatic carbocycles. The number of primary amides is 1. The highest BCUT2D eigenvalue weighted by atomic mass is 127. The summed E-state index contributed by atoms with van der Waals surface area (Å²) in [6.45, 7) is 5.64. The average Bonchev–Trinajstić information content (AvgIpc) is 3.38. The van der Waals surface area contributed by atoms with Crippen molar-refractivity contribution in [1.82, 2.24) is 19.9 Å². The molecular formula is C28H32IN7O2. The third-order valence-electron chi connectivity index (χ3n) is 6.92. The minimum atomic E-state index is -0.504. The third-order valence-corrected chi connectivity index (χ3v) is 7.82. The third kappa shape index (κ3) is 5.56. The van der Waals surface area contributed by atoms with Crippen LogP contribution in [0.15, 0.2) is 48.7 Å². The molecule has 1 unspecified atom stereocenters. The molecule has 2 aromatic heterocycles. The van der Waals surface area contributed by atoms with Crippen LogP contribution in [-0.4, -0.2) is 52.5 Å². The zero-order valence-corrected chi connectivity index (χ0v) is 23.7. The number of aromatic nitrogens is 3. The Labute approximate surface area is 235 Å². The van der Waals surface area contributed by atoms with Gasteiger partial charge in [-0.15, -0.1) is 0 Å². The molecule has 1 atom stereocenters. The number of H-pyrrole nitrogens is 1. The van der Waals surface area contributed by atoms with Crippen molar-refractivity contribution in [2.45, 2.75) is 32.1 Å². The van der Waals surface area contributed by atoms with Crippen LogP contribution in [-0.2, 0) is 0 Å². The molecular weight excluding hydrogens is 593 g/mol. The number of ether oxygens (including phenoxy) is 1. The minimum absolute atomic E-state index is 0.395. The highest BCUT2D eigenvalue weighted by molar-refractivity contribution is 14.1. The molecule has 38 heavy (non-hydrogen) atoms. The summed E-state index contributed by atoms with van der Waals surface area (Å²) in [5.74, 6) is 1.68. The van der Waals surface area contributed by atoms with Crippen molar-refractivity contribution in [2.24, 2.45) is 5.73 Å². The van der Waals surface area contributed by atoms with Crippen molar-refractivity contribution in [3.8, 4) is 5.75 Å². The van der Waals surface area contributed by atoms with Crippen LogP contribution in [0.1, 0.15) is 48.0 Å². The van der Waals surface area contributed by atoms with Crippen molar-refractivity contribution in [3.05, 3.63) is 63.4 Å². The van der Waals surface area contributed by atoms with Gasteiger partial charge in [0.2, 0.25) is 5.95 Å². The Balaban J connectivity index is 1.43. The van der Waals surface area contributed by atoms with Crippen molar-refractivity contribution in [2.75, 3.05) is 37.4 Å². The number of piperidine rings is 1. The van der Waals surface area contributed by atoms with E-state index in [0.29, 0.717) is 34.6 Å². The van der Waals surface area contributed by atoms with Crippen LogP contribution >= 0.6 is 22.6 Å². The zero-order chi connectivity index (χ0) is 26.6. The Bertz CT molecular complexity index is 1450. The Morgan fingerprint density at radius 3 is 2.87 bits per heavy atom. The van der Waals surface area contributed by atoms with Gasteiger partial charge < -0.3 is 31.0 Å². The minimum Gasteiger partial charge on any atom is -0.495 e. The number of amides is 1. The lowest BCUT2D eigenvalue weighted by atomic mass is 9.90. The summed E-state index contributed by atoms with van der Waals surface area (Å²) in [4.78, 5) is 27.2. The second-order valence-corrected chi connectivity index (χ2v) is 10.7. The van der Waals surface area contributed by atoms with Crippen LogP contribution in [0.3, 0.4) is 0 Å². The predicted molar refractivity (Wildman–Crippen MR) is 160 cm³/mol. The molecule has 0 radical (unpaired) electrons. The second-order valence-electron chi connectivity index (χ2n) is 9.51. The molecule has 10 heteroatoms. The molecule has 3 heterocycles. The maximum Gasteiger partial charge on any atom is 0.251 e. The molecule has 5 rings (SSSR count). The fraction of sp³-hybridized carbons (Fsp3) is 0.321. The van der Waals surface area contributed by atoms with Crippen LogP contribution in [0.2, 0.25) is 0 Å². The van der Waals surface area contributed by atoms with Gasteiger partial charge in [-0.25, -0.2) is 0 Å². The fourth-order valence-corrected chi connectivity index (χ4v) is 5.90. The molecule has 198 valence electrons. The summed E-state index contributed by atoms with van der Waals surface area (Å²) >= 11 is 2.11. The lowest BCUT2D eigenvalue weighted by molar-refractivity contribution is 0.1000. The number of aromatic amines is 1. The number of anilines is 4. The number of nitrogens with two attached hydrogens (primary N) is 1. The monoisotopic (exact) mass is 625 g/mol. The predicted octanol–water partition coefficient (Wildman–Crippen LogP) is 5.75. The van der Waals surface area contributed by atoms with Gasteiger partial charge in [0.25, 0.3) is 5.91 Å². The molecule has 1 aliphatic rings. The molecule has 0 bridgehead atoms. The van der Waals surface area contributed by atoms with E-state index in [1.807, 2.05) is 30.3 Å². The number of fused-ring (bicyclic) bond motifs is 1. The Hall–Kier alpha value is -3.38. The first-order valence-corrected chi connectivity index (χ1v) is 13.9. The Morgan fingerprint density at radius 1 is 1.21 bits per heavy atom. The van der Waals surface area contributed by atoms with Crippen LogP contribution in [0.5, 0.6) is 5.75 Å². The van der Waals surface area contributed by atoms with Gasteiger partial charge in [-0.1, -0.05) is 19.1 Å². The SMILES string of the molecule is CCCN1CCCC(c2ccc(Nc3nc(Nc4cccc(I)c4C(N)=O)c4cc[nH]c4n3)c(OC)c2)C1. The summed E-state index contributed by atoms with van der Waals surface area (Å²) < 4.78 is 6.53. The lowest BCUT2D eigenvalue weighted by Gasteiger charge is -2.33. The molecule has 0 saturated carbocycles. The average molecular weight is 626 g/mol. The first kappa shape index (κ1) is 26.2. The molecule has 9 nitrogen and oxygen atoms in total. The number of nitrogens with zero attached hydrogens (tertiary/aromatic N) is 3. The number of benzene rings is 2. The standard InChI is InChI=1S/C28H32IN7O2/c1-3-13-36-14-5-6-18(16-36)17-9-10-21(23(15-17)38-2)33-28-34-26-19(11-12-31-26)27(35-28)32-22-8-4-7-20(29)24(22)25(30)37/h4,7-12,15,18H,3,5-6,13-14,16H2,1-2H3,(H2,30,37)(H3,31,32,33,34,35). The second kappa shape index (κ2) is 11.6. The van der Waals surface area contributed by atoms with E-state index in [1.165, 1.54) is 31.4 Å². The van der Waals surface area contributed by atoms with Crippen LogP contribution in [0.4, 0.5) is 23.1 Å². The van der Waals surface area contributed by atoms with Crippen molar-refractivity contribution in [3.63, 3.8) is 0 Å². The molecule has 1 amide bonds. The van der Waals surface area contributed by atoms with E-state index in [4.69, 9.17) is 15.5 Å². The van der Waals surface area contributed by atoms with E-state index in [-0.39, 0.29) is 0 Å². The Kier molecular flexibility index (Phi) is 7.98. The van der Waals surface area contributed by atoms with E-state index >= 15 is 0 Å². The fourth-order valence-electron chi connectivity index (χ4n) is 5.13. The molecule has 4 aromatic rings. The van der Waals surface area contributed by atoms with Gasteiger partial charge in [0, 0.05) is 16.3 Å². The van der Waals surface area contributed by atoms with Crippen LogP contribution in [0, 0.1) is 3.57 Å². The number of rotatable bonds is 9. The van der Waals surface area contributed by atoms with Gasteiger partial charge in [0.05, 0.1) is 29.4 Å². The normalized spacial score (nSPS) is 15.9. The van der Waals surface area contributed by atoms with Gasteiger partial charge >= 0.3 is 0 Å². The van der Waals surface area contributed by atoms with Crippen molar-refractivity contribution < 1.29 is 9.53 Å².